The average molecular weight is 325 g/mol. The molecule has 0 aliphatic rings. The van der Waals surface area contributed by atoms with Gasteiger partial charge >= 0.3 is 0 Å². The largest absolute Gasteiger partial charge is 0.369 e. The zero-order valence-corrected chi connectivity index (χ0v) is 13.5. The summed E-state index contributed by atoms with van der Waals surface area (Å²) < 4.78 is 0. The van der Waals surface area contributed by atoms with Crippen LogP contribution >= 0.6 is 22.9 Å². The predicted molar refractivity (Wildman–Crippen MR) is 86.0 cm³/mol. The van der Waals surface area contributed by atoms with Crippen LogP contribution in [-0.2, 0) is 6.54 Å². The minimum Gasteiger partial charge on any atom is -0.369 e. The van der Waals surface area contributed by atoms with Gasteiger partial charge in [0.15, 0.2) is 0 Å². The Hall–Kier alpha value is -1.66. The third-order valence-electron chi connectivity index (χ3n) is 2.74. The first kappa shape index (κ1) is 15.7. The third-order valence-corrected chi connectivity index (χ3v) is 3.85. The second kappa shape index (κ2) is 7.38. The topological polar surface area (TPSA) is 66.9 Å². The van der Waals surface area contributed by atoms with Crippen LogP contribution in [0.15, 0.2) is 17.6 Å². The fraction of sp³-hybridized carbons (Fsp3) is 0.357. The van der Waals surface area contributed by atoms with Crippen LogP contribution in [0, 0.1) is 6.92 Å². The fourth-order valence-corrected chi connectivity index (χ4v) is 2.54. The Morgan fingerprint density at radius 2 is 2.29 bits per heavy atom. The number of pyridine rings is 1. The van der Waals surface area contributed by atoms with E-state index in [1.165, 1.54) is 6.20 Å². The highest BCUT2D eigenvalue weighted by molar-refractivity contribution is 7.09. The van der Waals surface area contributed by atoms with Gasteiger partial charge in [-0.1, -0.05) is 18.5 Å². The van der Waals surface area contributed by atoms with Crippen LogP contribution in [-0.4, -0.2) is 22.4 Å². The quantitative estimate of drug-likeness (QED) is 0.856. The number of thiazole rings is 1. The second-order valence-electron chi connectivity index (χ2n) is 4.52. The molecule has 0 unspecified atom stereocenters. The lowest BCUT2D eigenvalue weighted by Gasteiger charge is -2.08. The Bertz CT molecular complexity index is 629. The number of hydrogen-bond acceptors (Lipinski definition) is 5. The molecule has 0 aliphatic carbocycles. The van der Waals surface area contributed by atoms with Gasteiger partial charge in [-0.2, -0.15) is 0 Å². The van der Waals surface area contributed by atoms with E-state index >= 15 is 0 Å². The van der Waals surface area contributed by atoms with Crippen molar-refractivity contribution >= 4 is 34.7 Å². The van der Waals surface area contributed by atoms with Gasteiger partial charge in [0.1, 0.15) is 5.82 Å². The van der Waals surface area contributed by atoms with Crippen LogP contribution in [0.3, 0.4) is 0 Å². The second-order valence-corrected chi connectivity index (χ2v) is 5.99. The molecule has 112 valence electrons. The van der Waals surface area contributed by atoms with Gasteiger partial charge in [-0.05, 0) is 19.4 Å². The first-order valence-electron chi connectivity index (χ1n) is 6.68. The van der Waals surface area contributed by atoms with E-state index < -0.39 is 0 Å². The maximum atomic E-state index is 12.0. The molecular formula is C14H17ClN4OS. The Kier molecular flexibility index (Phi) is 5.52. The summed E-state index contributed by atoms with van der Waals surface area (Å²) in [5.74, 6) is 0.391. The first-order valence-corrected chi connectivity index (χ1v) is 7.94. The number of nitrogens with zero attached hydrogens (tertiary/aromatic N) is 2. The molecule has 2 aromatic rings. The summed E-state index contributed by atoms with van der Waals surface area (Å²) in [7, 11) is 0. The molecule has 2 heterocycles. The fourth-order valence-electron chi connectivity index (χ4n) is 1.70. The van der Waals surface area contributed by atoms with Crippen molar-refractivity contribution in [3.8, 4) is 0 Å². The van der Waals surface area contributed by atoms with Crippen molar-refractivity contribution in [2.24, 2.45) is 0 Å². The molecule has 0 radical (unpaired) electrons. The van der Waals surface area contributed by atoms with E-state index in [-0.39, 0.29) is 5.91 Å². The van der Waals surface area contributed by atoms with E-state index in [0.29, 0.717) is 22.9 Å². The van der Waals surface area contributed by atoms with E-state index in [1.807, 2.05) is 12.3 Å². The highest BCUT2D eigenvalue weighted by atomic mass is 35.5. The van der Waals surface area contributed by atoms with Crippen LogP contribution in [0.25, 0.3) is 0 Å². The van der Waals surface area contributed by atoms with Crippen molar-refractivity contribution in [2.75, 3.05) is 11.9 Å². The van der Waals surface area contributed by atoms with Crippen molar-refractivity contribution < 1.29 is 4.79 Å². The van der Waals surface area contributed by atoms with Gasteiger partial charge in [-0.3, -0.25) is 4.79 Å². The Balaban J connectivity index is 1.97. The molecule has 2 N–H and O–H groups in total. The van der Waals surface area contributed by atoms with E-state index in [0.717, 1.165) is 23.7 Å². The van der Waals surface area contributed by atoms with E-state index in [4.69, 9.17) is 11.6 Å². The molecule has 7 heteroatoms. The molecule has 0 aromatic carbocycles. The Morgan fingerprint density at radius 3 is 2.90 bits per heavy atom. The number of carbonyl (C=O) groups is 1. The summed E-state index contributed by atoms with van der Waals surface area (Å²) in [4.78, 5) is 20.5. The molecule has 0 atom stereocenters. The van der Waals surface area contributed by atoms with Crippen LogP contribution in [0.4, 0.5) is 5.82 Å². The van der Waals surface area contributed by atoms with Gasteiger partial charge in [0.25, 0.3) is 5.91 Å². The number of amides is 1. The number of anilines is 1. The molecule has 5 nitrogen and oxygen atoms in total. The maximum Gasteiger partial charge on any atom is 0.253 e. The standard InChI is InChI=1S/C14H17ClN4OS/c1-3-4-16-13-12(15)5-10(6-17-13)14(20)18-7-11-8-21-9(2)19-11/h5-6,8H,3-4,7H2,1-2H3,(H,16,17)(H,18,20). The lowest BCUT2D eigenvalue weighted by Crippen LogP contribution is -2.23. The number of carbonyl (C=O) groups excluding carboxylic acids is 1. The van der Waals surface area contributed by atoms with Gasteiger partial charge in [0.05, 0.1) is 27.8 Å². The summed E-state index contributed by atoms with van der Waals surface area (Å²) in [5.41, 5.74) is 1.29. The van der Waals surface area contributed by atoms with Crippen LogP contribution in [0.5, 0.6) is 0 Å². The van der Waals surface area contributed by atoms with E-state index in [2.05, 4.69) is 27.5 Å². The lowest BCUT2D eigenvalue weighted by molar-refractivity contribution is 0.0950. The zero-order valence-electron chi connectivity index (χ0n) is 11.9. The molecule has 2 aromatic heterocycles. The molecule has 0 spiro atoms. The summed E-state index contributed by atoms with van der Waals surface area (Å²) in [5, 5.41) is 9.27. The van der Waals surface area contributed by atoms with E-state index in [9.17, 15) is 4.79 Å². The minimum absolute atomic E-state index is 0.211. The number of aryl methyl sites for hydroxylation is 1. The Morgan fingerprint density at radius 1 is 1.48 bits per heavy atom. The number of nitrogens with one attached hydrogen (secondary N) is 2. The van der Waals surface area contributed by atoms with Gasteiger partial charge in [0.2, 0.25) is 0 Å². The van der Waals surface area contributed by atoms with Gasteiger partial charge in [-0.15, -0.1) is 11.3 Å². The third kappa shape index (κ3) is 4.41. The van der Waals surface area contributed by atoms with Crippen molar-refractivity contribution in [3.05, 3.63) is 38.9 Å². The highest BCUT2D eigenvalue weighted by Crippen LogP contribution is 2.20. The Labute approximate surface area is 132 Å². The van der Waals surface area contributed by atoms with Crippen LogP contribution in [0.1, 0.15) is 34.4 Å². The van der Waals surface area contributed by atoms with Gasteiger partial charge in [-0.25, -0.2) is 9.97 Å². The summed E-state index contributed by atoms with van der Waals surface area (Å²) in [6.07, 6.45) is 2.50. The average Bonchev–Trinajstić information content (AvgIpc) is 2.89. The van der Waals surface area contributed by atoms with Crippen molar-refractivity contribution in [3.63, 3.8) is 0 Å². The SMILES string of the molecule is CCCNc1ncc(C(=O)NCc2csc(C)n2)cc1Cl. The molecule has 2 rings (SSSR count). The molecule has 1 amide bonds. The zero-order chi connectivity index (χ0) is 15.2. The predicted octanol–water partition coefficient (Wildman–Crippen LogP) is 3.25. The first-order chi connectivity index (χ1) is 10.1. The molecule has 0 fully saturated rings. The maximum absolute atomic E-state index is 12.0. The van der Waals surface area contributed by atoms with Crippen molar-refractivity contribution in [1.29, 1.82) is 0 Å². The van der Waals surface area contributed by atoms with E-state index in [1.54, 1.807) is 17.4 Å². The summed E-state index contributed by atoms with van der Waals surface area (Å²) >= 11 is 7.67. The number of rotatable bonds is 6. The minimum atomic E-state index is -0.211. The monoisotopic (exact) mass is 324 g/mol. The summed E-state index contributed by atoms with van der Waals surface area (Å²) in [6, 6.07) is 1.62. The molecule has 0 aliphatic heterocycles. The number of halogens is 1. The van der Waals surface area contributed by atoms with Gasteiger partial charge < -0.3 is 10.6 Å². The van der Waals surface area contributed by atoms with Crippen molar-refractivity contribution in [2.45, 2.75) is 26.8 Å². The van der Waals surface area contributed by atoms with Crippen molar-refractivity contribution in [1.82, 2.24) is 15.3 Å². The molecule has 0 saturated carbocycles. The lowest BCUT2D eigenvalue weighted by atomic mass is 10.2. The smallest absolute Gasteiger partial charge is 0.253 e. The molecule has 0 bridgehead atoms. The molecular weight excluding hydrogens is 308 g/mol. The van der Waals surface area contributed by atoms with Gasteiger partial charge in [0, 0.05) is 18.1 Å². The summed E-state index contributed by atoms with van der Waals surface area (Å²) in [6.45, 7) is 5.18. The molecule has 21 heavy (non-hydrogen) atoms. The van der Waals surface area contributed by atoms with Crippen LogP contribution in [0.2, 0.25) is 5.02 Å². The number of hydrogen-bond donors (Lipinski definition) is 2. The molecule has 0 saturated heterocycles. The highest BCUT2D eigenvalue weighted by Gasteiger charge is 2.10. The number of aromatic nitrogens is 2. The van der Waals surface area contributed by atoms with Crippen LogP contribution < -0.4 is 10.6 Å². The normalized spacial score (nSPS) is 10.4.